The van der Waals surface area contributed by atoms with Crippen molar-refractivity contribution in [2.24, 2.45) is 0 Å². The van der Waals surface area contributed by atoms with Crippen molar-refractivity contribution < 1.29 is 17.9 Å². The van der Waals surface area contributed by atoms with E-state index >= 15 is 0 Å². The van der Waals surface area contributed by atoms with E-state index in [4.69, 9.17) is 4.74 Å². The van der Waals surface area contributed by atoms with E-state index in [0.29, 0.717) is 19.7 Å². The van der Waals surface area contributed by atoms with Crippen molar-refractivity contribution >= 4 is 15.7 Å². The van der Waals surface area contributed by atoms with Crippen LogP contribution in [0.3, 0.4) is 0 Å². The van der Waals surface area contributed by atoms with Crippen LogP contribution >= 0.6 is 0 Å². The average Bonchev–Trinajstić information content (AvgIpc) is 2.80. The Morgan fingerprint density at radius 1 is 1.52 bits per heavy atom. The van der Waals surface area contributed by atoms with E-state index in [9.17, 15) is 13.2 Å². The largest absolute Gasteiger partial charge is 0.384 e. The molecule has 1 unspecified atom stereocenters. The summed E-state index contributed by atoms with van der Waals surface area (Å²) in [4.78, 5) is 13.7. The van der Waals surface area contributed by atoms with Crippen LogP contribution in [0.25, 0.3) is 0 Å². The summed E-state index contributed by atoms with van der Waals surface area (Å²) in [6, 6.07) is 0. The van der Waals surface area contributed by atoms with Crippen molar-refractivity contribution in [3.05, 3.63) is 17.5 Å². The van der Waals surface area contributed by atoms with E-state index in [0.717, 1.165) is 24.1 Å². The smallest absolute Gasteiger partial charge is 0.238 e. The first kappa shape index (κ1) is 16.0. The molecule has 0 fully saturated rings. The standard InChI is InChI=1S/C13H21N3O4S/c1-4-16-6-11-10(8-20-2)5-15(7-12(11)14-16)13(17)9-21(3,18)19/h6,10H,4-5,7-9H2,1-3H3. The van der Waals surface area contributed by atoms with E-state index in [1.165, 1.54) is 0 Å². The quantitative estimate of drug-likeness (QED) is 0.765. The predicted molar refractivity (Wildman–Crippen MR) is 77.6 cm³/mol. The normalized spacial score (nSPS) is 18.6. The van der Waals surface area contributed by atoms with Gasteiger partial charge < -0.3 is 9.64 Å². The van der Waals surface area contributed by atoms with Crippen LogP contribution < -0.4 is 0 Å². The minimum absolute atomic E-state index is 0.0301. The minimum atomic E-state index is -3.33. The van der Waals surface area contributed by atoms with Crippen LogP contribution in [0.1, 0.15) is 24.1 Å². The third kappa shape index (κ3) is 3.82. The molecule has 7 nitrogen and oxygen atoms in total. The second-order valence-electron chi connectivity index (χ2n) is 5.38. The molecule has 1 atom stereocenters. The van der Waals surface area contributed by atoms with Gasteiger partial charge in [-0.05, 0) is 6.92 Å². The number of aryl methyl sites for hydroxylation is 1. The highest BCUT2D eigenvalue weighted by atomic mass is 32.2. The maximum atomic E-state index is 12.1. The molecule has 2 heterocycles. The first-order valence-electron chi connectivity index (χ1n) is 6.84. The summed E-state index contributed by atoms with van der Waals surface area (Å²) in [5.74, 6) is -0.811. The summed E-state index contributed by atoms with van der Waals surface area (Å²) in [6.07, 6.45) is 3.05. The Hall–Kier alpha value is -1.41. The highest BCUT2D eigenvalue weighted by Gasteiger charge is 2.31. The van der Waals surface area contributed by atoms with Crippen LogP contribution in [0.5, 0.6) is 0 Å². The van der Waals surface area contributed by atoms with Gasteiger partial charge in [0.05, 0.1) is 18.8 Å². The number of methoxy groups -OCH3 is 1. The zero-order valence-corrected chi connectivity index (χ0v) is 13.4. The van der Waals surface area contributed by atoms with Crippen molar-refractivity contribution in [1.29, 1.82) is 0 Å². The molecule has 1 aliphatic heterocycles. The summed E-state index contributed by atoms with van der Waals surface area (Å²) in [6.45, 7) is 4.05. The van der Waals surface area contributed by atoms with Crippen LogP contribution in [-0.4, -0.2) is 61.3 Å². The lowest BCUT2D eigenvalue weighted by atomic mass is 9.96. The Balaban J connectivity index is 2.23. The van der Waals surface area contributed by atoms with Gasteiger partial charge in [-0.1, -0.05) is 0 Å². The molecule has 0 aromatic carbocycles. The molecule has 0 saturated heterocycles. The first-order chi connectivity index (χ1) is 9.84. The Morgan fingerprint density at radius 3 is 2.81 bits per heavy atom. The van der Waals surface area contributed by atoms with E-state index in [1.54, 1.807) is 12.0 Å². The molecule has 8 heteroatoms. The lowest BCUT2D eigenvalue weighted by Gasteiger charge is -2.31. The summed E-state index contributed by atoms with van der Waals surface area (Å²) in [5.41, 5.74) is 1.91. The highest BCUT2D eigenvalue weighted by molar-refractivity contribution is 7.91. The van der Waals surface area contributed by atoms with E-state index in [1.807, 2.05) is 17.8 Å². The van der Waals surface area contributed by atoms with Crippen LogP contribution in [0.2, 0.25) is 0 Å². The molecule has 1 aliphatic rings. The van der Waals surface area contributed by atoms with Crippen LogP contribution in [0, 0.1) is 0 Å². The maximum absolute atomic E-state index is 12.1. The van der Waals surface area contributed by atoms with Crippen molar-refractivity contribution in [1.82, 2.24) is 14.7 Å². The number of hydrogen-bond acceptors (Lipinski definition) is 5. The van der Waals surface area contributed by atoms with Crippen molar-refractivity contribution in [3.63, 3.8) is 0 Å². The van der Waals surface area contributed by atoms with Crippen molar-refractivity contribution in [3.8, 4) is 0 Å². The average molecular weight is 315 g/mol. The van der Waals surface area contributed by atoms with Gasteiger partial charge in [-0.3, -0.25) is 9.48 Å². The zero-order chi connectivity index (χ0) is 15.6. The molecular weight excluding hydrogens is 294 g/mol. The number of sulfone groups is 1. The number of ether oxygens (including phenoxy) is 1. The Labute approximate surface area is 124 Å². The Bertz CT molecular complexity index is 623. The molecular formula is C13H21N3O4S. The van der Waals surface area contributed by atoms with Crippen LogP contribution in [-0.2, 0) is 32.5 Å². The minimum Gasteiger partial charge on any atom is -0.384 e. The summed E-state index contributed by atoms with van der Waals surface area (Å²) in [5, 5.41) is 4.45. The van der Waals surface area contributed by atoms with Gasteiger partial charge in [0.15, 0.2) is 9.84 Å². The summed E-state index contributed by atoms with van der Waals surface area (Å²) < 4.78 is 29.6. The number of rotatable bonds is 5. The van der Waals surface area contributed by atoms with Gasteiger partial charge in [0.25, 0.3) is 0 Å². The van der Waals surface area contributed by atoms with E-state index in [2.05, 4.69) is 5.10 Å². The lowest BCUT2D eigenvalue weighted by molar-refractivity contribution is -0.130. The van der Waals surface area contributed by atoms with Crippen LogP contribution in [0.4, 0.5) is 0 Å². The van der Waals surface area contributed by atoms with Gasteiger partial charge in [-0.2, -0.15) is 5.10 Å². The van der Waals surface area contributed by atoms with Gasteiger partial charge in [-0.15, -0.1) is 0 Å². The van der Waals surface area contributed by atoms with Gasteiger partial charge >= 0.3 is 0 Å². The molecule has 0 bridgehead atoms. The Kier molecular flexibility index (Phi) is 4.67. The lowest BCUT2D eigenvalue weighted by Crippen LogP contribution is -2.41. The number of carbonyl (C=O) groups is 1. The number of fused-ring (bicyclic) bond motifs is 1. The van der Waals surface area contributed by atoms with Crippen molar-refractivity contribution in [2.45, 2.75) is 25.9 Å². The number of amides is 1. The first-order valence-corrected chi connectivity index (χ1v) is 8.90. The fourth-order valence-electron chi connectivity index (χ4n) is 2.56. The molecule has 21 heavy (non-hydrogen) atoms. The molecule has 1 aromatic rings. The second-order valence-corrected chi connectivity index (χ2v) is 7.52. The molecule has 0 aliphatic carbocycles. The third-order valence-corrected chi connectivity index (χ3v) is 4.29. The molecule has 0 radical (unpaired) electrons. The van der Waals surface area contributed by atoms with E-state index in [-0.39, 0.29) is 11.8 Å². The molecule has 1 amide bonds. The summed E-state index contributed by atoms with van der Waals surface area (Å²) >= 11 is 0. The molecule has 118 valence electrons. The van der Waals surface area contributed by atoms with Gasteiger partial charge in [-0.25, -0.2) is 8.42 Å². The second kappa shape index (κ2) is 6.15. The van der Waals surface area contributed by atoms with Gasteiger partial charge in [0.2, 0.25) is 5.91 Å². The molecule has 0 spiro atoms. The molecule has 2 rings (SSSR count). The number of carbonyl (C=O) groups excluding carboxylic acids is 1. The number of hydrogen-bond donors (Lipinski definition) is 0. The monoisotopic (exact) mass is 315 g/mol. The SMILES string of the molecule is CCn1cc2c(n1)CN(C(=O)CS(C)(=O)=O)CC2COC. The summed E-state index contributed by atoms with van der Waals surface area (Å²) in [7, 11) is -1.72. The topological polar surface area (TPSA) is 81.5 Å². The molecule has 1 aromatic heterocycles. The van der Waals surface area contributed by atoms with Gasteiger partial charge in [0, 0.05) is 44.1 Å². The predicted octanol–water partition coefficient (Wildman–Crippen LogP) is 0.0198. The van der Waals surface area contributed by atoms with Crippen LogP contribution in [0.15, 0.2) is 6.20 Å². The third-order valence-electron chi connectivity index (χ3n) is 3.52. The van der Waals surface area contributed by atoms with Crippen molar-refractivity contribution in [2.75, 3.05) is 32.3 Å². The number of nitrogens with zero attached hydrogens (tertiary/aromatic N) is 3. The number of aromatic nitrogens is 2. The fraction of sp³-hybridized carbons (Fsp3) is 0.692. The van der Waals surface area contributed by atoms with Gasteiger partial charge in [0.1, 0.15) is 5.75 Å². The molecule has 0 N–H and O–H groups in total. The molecule has 0 saturated carbocycles. The van der Waals surface area contributed by atoms with E-state index < -0.39 is 15.6 Å². The maximum Gasteiger partial charge on any atom is 0.238 e. The zero-order valence-electron chi connectivity index (χ0n) is 12.6. The fourth-order valence-corrected chi connectivity index (χ4v) is 3.19. The highest BCUT2D eigenvalue weighted by Crippen LogP contribution is 2.28. The Morgan fingerprint density at radius 2 is 2.24 bits per heavy atom.